The van der Waals surface area contributed by atoms with Crippen LogP contribution in [0.5, 0.6) is 0 Å². The van der Waals surface area contributed by atoms with Crippen molar-refractivity contribution in [3.63, 3.8) is 0 Å². The number of halogens is 4. The molecule has 0 spiro atoms. The van der Waals surface area contributed by atoms with E-state index in [0.29, 0.717) is 0 Å². The zero-order chi connectivity index (χ0) is 16.6. The molecule has 1 aliphatic rings. The van der Waals surface area contributed by atoms with Gasteiger partial charge in [0.1, 0.15) is 17.5 Å². The van der Waals surface area contributed by atoms with Gasteiger partial charge in [0.05, 0.1) is 6.04 Å². The van der Waals surface area contributed by atoms with Crippen molar-refractivity contribution in [1.29, 1.82) is 0 Å². The van der Waals surface area contributed by atoms with Gasteiger partial charge in [0.25, 0.3) is 0 Å². The first-order chi connectivity index (χ1) is 10.9. The number of allylic oxidation sites excluding steroid dienone is 2. The Morgan fingerprint density at radius 3 is 1.91 bits per heavy atom. The smallest absolute Gasteiger partial charge is 0.182 e. The molecule has 0 amide bonds. The Labute approximate surface area is 130 Å². The highest BCUT2D eigenvalue weighted by Crippen LogP contribution is 2.47. The second-order valence-corrected chi connectivity index (χ2v) is 5.33. The van der Waals surface area contributed by atoms with Crippen LogP contribution in [0.15, 0.2) is 66.5 Å². The first-order valence-corrected chi connectivity index (χ1v) is 6.98. The summed E-state index contributed by atoms with van der Waals surface area (Å²) < 4.78 is 56.5. The first-order valence-electron chi connectivity index (χ1n) is 6.98. The zero-order valence-corrected chi connectivity index (χ0v) is 11.9. The van der Waals surface area contributed by atoms with E-state index in [-0.39, 0.29) is 16.7 Å². The summed E-state index contributed by atoms with van der Waals surface area (Å²) in [6, 6.07) is 8.27. The second-order valence-electron chi connectivity index (χ2n) is 5.33. The van der Waals surface area contributed by atoms with E-state index >= 15 is 4.39 Å². The number of benzene rings is 2. The lowest BCUT2D eigenvalue weighted by molar-refractivity contribution is 0.218. The highest BCUT2D eigenvalue weighted by Gasteiger charge is 2.45. The molecule has 0 bridgehead atoms. The molecule has 0 fully saturated rings. The summed E-state index contributed by atoms with van der Waals surface area (Å²) in [6.45, 7) is 0. The zero-order valence-electron chi connectivity index (χ0n) is 11.9. The van der Waals surface area contributed by atoms with Crippen LogP contribution in [0.3, 0.4) is 0 Å². The molecule has 3 rings (SSSR count). The molecule has 118 valence electrons. The molecule has 0 saturated heterocycles. The molecule has 1 nitrogen and oxygen atoms in total. The fourth-order valence-electron chi connectivity index (χ4n) is 2.74. The second kappa shape index (κ2) is 5.66. The molecule has 23 heavy (non-hydrogen) atoms. The monoisotopic (exact) mass is 319 g/mol. The summed E-state index contributed by atoms with van der Waals surface area (Å²) in [4.78, 5) is 0. The van der Waals surface area contributed by atoms with E-state index in [2.05, 4.69) is 0 Å². The van der Waals surface area contributed by atoms with Crippen LogP contribution in [-0.2, 0) is 5.67 Å². The predicted molar refractivity (Wildman–Crippen MR) is 80.7 cm³/mol. The van der Waals surface area contributed by atoms with E-state index < -0.39 is 29.2 Å². The van der Waals surface area contributed by atoms with Crippen LogP contribution >= 0.6 is 0 Å². The largest absolute Gasteiger partial charge is 0.321 e. The molecule has 5 heteroatoms. The maximum Gasteiger partial charge on any atom is 0.182 e. The average Bonchev–Trinajstić information content (AvgIpc) is 2.54. The molecule has 2 N–H and O–H groups in total. The number of alkyl halides is 1. The Balaban J connectivity index is 2.21. The van der Waals surface area contributed by atoms with Gasteiger partial charge in [0.2, 0.25) is 0 Å². The van der Waals surface area contributed by atoms with Crippen LogP contribution in [0.25, 0.3) is 5.57 Å². The van der Waals surface area contributed by atoms with Crippen molar-refractivity contribution in [3.8, 4) is 0 Å². The summed E-state index contributed by atoms with van der Waals surface area (Å²) in [6.07, 6.45) is 2.30. The van der Waals surface area contributed by atoms with Crippen LogP contribution in [0.2, 0.25) is 0 Å². The summed E-state index contributed by atoms with van der Waals surface area (Å²) in [5.74, 6) is -1.85. The maximum absolute atomic E-state index is 15.8. The molecule has 2 aromatic carbocycles. The molecule has 0 aliphatic heterocycles. The van der Waals surface area contributed by atoms with Crippen LogP contribution < -0.4 is 5.73 Å². The van der Waals surface area contributed by atoms with Gasteiger partial charge in [-0.05, 0) is 41.5 Å². The van der Waals surface area contributed by atoms with E-state index in [1.807, 2.05) is 0 Å². The summed E-state index contributed by atoms with van der Waals surface area (Å²) in [5.41, 5.74) is 3.40. The minimum Gasteiger partial charge on any atom is -0.321 e. The molecule has 0 aromatic heterocycles. The number of hydrogen-bond donors (Lipinski definition) is 1. The van der Waals surface area contributed by atoms with Gasteiger partial charge >= 0.3 is 0 Å². The molecular weight excluding hydrogens is 306 g/mol. The van der Waals surface area contributed by atoms with Crippen LogP contribution in [-0.4, -0.2) is 6.04 Å². The van der Waals surface area contributed by atoms with Crippen molar-refractivity contribution < 1.29 is 17.6 Å². The van der Waals surface area contributed by atoms with Crippen molar-refractivity contribution >= 4 is 5.57 Å². The van der Waals surface area contributed by atoms with Gasteiger partial charge in [0, 0.05) is 5.57 Å². The van der Waals surface area contributed by atoms with Gasteiger partial charge in [0.15, 0.2) is 5.67 Å². The third-order valence-corrected chi connectivity index (χ3v) is 3.91. The van der Waals surface area contributed by atoms with Gasteiger partial charge in [-0.2, -0.15) is 0 Å². The van der Waals surface area contributed by atoms with Gasteiger partial charge < -0.3 is 5.73 Å². The summed E-state index contributed by atoms with van der Waals surface area (Å²) in [5, 5.41) is 0. The number of rotatable bonds is 2. The average molecular weight is 319 g/mol. The number of hydrogen-bond acceptors (Lipinski definition) is 1. The van der Waals surface area contributed by atoms with Crippen LogP contribution in [0, 0.1) is 11.6 Å². The van der Waals surface area contributed by atoms with Gasteiger partial charge in [-0.15, -0.1) is 0 Å². The lowest BCUT2D eigenvalue weighted by atomic mass is 9.76. The quantitative estimate of drug-likeness (QED) is 0.815. The van der Waals surface area contributed by atoms with E-state index in [1.165, 1.54) is 30.3 Å². The standard InChI is InChI=1S/C18H13F4N/c19-13-5-1-11(2-6-13)17-15(21)9-10-16(23)18(17,22)12-3-7-14(20)8-4-12/h1-10,16H,23H2. The molecule has 0 saturated carbocycles. The van der Waals surface area contributed by atoms with Crippen molar-refractivity contribution in [1.82, 2.24) is 0 Å². The molecule has 0 radical (unpaired) electrons. The lowest BCUT2D eigenvalue weighted by Crippen LogP contribution is -2.43. The van der Waals surface area contributed by atoms with Crippen molar-refractivity contribution in [2.75, 3.05) is 0 Å². The van der Waals surface area contributed by atoms with E-state index in [1.54, 1.807) is 0 Å². The van der Waals surface area contributed by atoms with Crippen molar-refractivity contribution in [3.05, 3.63) is 89.3 Å². The minimum absolute atomic E-state index is 0.0326. The maximum atomic E-state index is 15.8. The molecule has 0 heterocycles. The molecule has 2 unspecified atom stereocenters. The molecule has 2 atom stereocenters. The summed E-state index contributed by atoms with van der Waals surface area (Å²) >= 11 is 0. The first kappa shape index (κ1) is 15.5. The van der Waals surface area contributed by atoms with E-state index in [9.17, 15) is 13.2 Å². The summed E-state index contributed by atoms with van der Waals surface area (Å²) in [7, 11) is 0. The Kier molecular flexibility index (Phi) is 3.82. The van der Waals surface area contributed by atoms with Crippen LogP contribution in [0.1, 0.15) is 11.1 Å². The molecular formula is C18H13F4N. The normalized spacial score (nSPS) is 24.1. The predicted octanol–water partition coefficient (Wildman–Crippen LogP) is 4.41. The van der Waals surface area contributed by atoms with Gasteiger partial charge in [-0.1, -0.05) is 30.3 Å². The highest BCUT2D eigenvalue weighted by molar-refractivity contribution is 5.79. The third kappa shape index (κ3) is 2.57. The fourth-order valence-corrected chi connectivity index (χ4v) is 2.74. The lowest BCUT2D eigenvalue weighted by Gasteiger charge is -2.35. The molecule has 1 aliphatic carbocycles. The van der Waals surface area contributed by atoms with Gasteiger partial charge in [-0.25, -0.2) is 17.6 Å². The molecule has 2 aromatic rings. The van der Waals surface area contributed by atoms with E-state index in [4.69, 9.17) is 5.73 Å². The SMILES string of the molecule is NC1C=CC(F)=C(c2ccc(F)cc2)C1(F)c1ccc(F)cc1. The Morgan fingerprint density at radius 1 is 0.826 bits per heavy atom. The topological polar surface area (TPSA) is 26.0 Å². The van der Waals surface area contributed by atoms with Crippen LogP contribution in [0.4, 0.5) is 17.6 Å². The van der Waals surface area contributed by atoms with Gasteiger partial charge in [-0.3, -0.25) is 0 Å². The Morgan fingerprint density at radius 2 is 1.35 bits per heavy atom. The fraction of sp³-hybridized carbons (Fsp3) is 0.111. The minimum atomic E-state index is -2.38. The third-order valence-electron chi connectivity index (χ3n) is 3.91. The van der Waals surface area contributed by atoms with Crippen molar-refractivity contribution in [2.24, 2.45) is 5.73 Å². The highest BCUT2D eigenvalue weighted by atomic mass is 19.2. The number of nitrogens with two attached hydrogens (primary N) is 1. The van der Waals surface area contributed by atoms with E-state index in [0.717, 1.165) is 30.3 Å². The Bertz CT molecular complexity index is 778. The Hall–Kier alpha value is -2.40. The van der Waals surface area contributed by atoms with Crippen molar-refractivity contribution in [2.45, 2.75) is 11.7 Å².